The Morgan fingerprint density at radius 1 is 1.10 bits per heavy atom. The number of nitrogens with zero attached hydrogens (tertiary/aromatic N) is 6. The Labute approximate surface area is 225 Å². The highest BCUT2D eigenvalue weighted by Gasteiger charge is 2.23. The van der Waals surface area contributed by atoms with Crippen LogP contribution >= 0.6 is 0 Å². The van der Waals surface area contributed by atoms with Gasteiger partial charge in [0.1, 0.15) is 23.1 Å². The molecule has 6 rings (SSSR count). The highest BCUT2D eigenvalue weighted by atomic mass is 19.1. The lowest BCUT2D eigenvalue weighted by Gasteiger charge is -2.34. The molecule has 0 radical (unpaired) electrons. The molecular formula is C28H32FN9O. The third-order valence-electron chi connectivity index (χ3n) is 7.28. The zero-order valence-corrected chi connectivity index (χ0v) is 22.1. The average molecular weight is 530 g/mol. The zero-order valence-electron chi connectivity index (χ0n) is 22.1. The van der Waals surface area contributed by atoms with E-state index in [0.29, 0.717) is 40.1 Å². The Kier molecular flexibility index (Phi) is 6.84. The van der Waals surface area contributed by atoms with Crippen LogP contribution in [0.15, 0.2) is 42.9 Å². The van der Waals surface area contributed by atoms with Crippen LogP contribution < -0.4 is 10.2 Å². The van der Waals surface area contributed by atoms with Crippen LogP contribution in [0.5, 0.6) is 0 Å². The average Bonchev–Trinajstić information content (AvgIpc) is 3.57. The standard InChI is InChI=1S/C28H32FN9O/c1-3-4-8-22(39)32-18-13-17(14-30-15-18)25-24(29)23-20(16-31-25)35-36-27(23)28-33-19-6-5-7-21(26(19)34-28)38-11-9-37(2)10-12-38/h5-7,13-16,22,32,39H,3-4,8-12H2,1-2H3,(H,33,34)(H,35,36). The number of hydrogen-bond acceptors (Lipinski definition) is 8. The van der Waals surface area contributed by atoms with E-state index in [9.17, 15) is 5.11 Å². The van der Waals surface area contributed by atoms with Crippen LogP contribution in [0.25, 0.3) is 44.7 Å². The topological polar surface area (TPSA) is 122 Å². The van der Waals surface area contributed by atoms with Gasteiger partial charge in [0.15, 0.2) is 11.6 Å². The van der Waals surface area contributed by atoms with Crippen molar-refractivity contribution >= 4 is 33.3 Å². The lowest BCUT2D eigenvalue weighted by Crippen LogP contribution is -2.44. The SMILES string of the molecule is CCCCC(O)Nc1cncc(-c2ncc3[nH]nc(-c4nc5c(N6CCN(C)CC6)cccc5[nH]4)c3c2F)c1. The second kappa shape index (κ2) is 10.6. The summed E-state index contributed by atoms with van der Waals surface area (Å²) in [6.45, 7) is 5.89. The minimum absolute atomic E-state index is 0.151. The maximum Gasteiger partial charge on any atom is 0.161 e. The molecule has 1 atom stereocenters. The molecule has 1 saturated heterocycles. The van der Waals surface area contributed by atoms with Crippen LogP contribution in [-0.4, -0.2) is 79.6 Å². The lowest BCUT2D eigenvalue weighted by atomic mass is 10.1. The Bertz CT molecular complexity index is 1610. The number of halogens is 1. The Hall–Kier alpha value is -4.09. The van der Waals surface area contributed by atoms with Gasteiger partial charge in [0.25, 0.3) is 0 Å². The summed E-state index contributed by atoms with van der Waals surface area (Å²) >= 11 is 0. The fraction of sp³-hybridized carbons (Fsp3) is 0.357. The molecule has 1 aromatic carbocycles. The quantitative estimate of drug-likeness (QED) is 0.219. The molecule has 0 aliphatic carbocycles. The van der Waals surface area contributed by atoms with E-state index in [1.54, 1.807) is 24.7 Å². The van der Waals surface area contributed by atoms with E-state index in [-0.39, 0.29) is 5.69 Å². The molecule has 1 fully saturated rings. The highest BCUT2D eigenvalue weighted by Crippen LogP contribution is 2.34. The first-order valence-corrected chi connectivity index (χ1v) is 13.4. The van der Waals surface area contributed by atoms with Crippen molar-refractivity contribution in [3.8, 4) is 22.8 Å². The van der Waals surface area contributed by atoms with Crippen molar-refractivity contribution in [2.24, 2.45) is 0 Å². The van der Waals surface area contributed by atoms with Gasteiger partial charge in [-0.1, -0.05) is 19.4 Å². The fourth-order valence-corrected chi connectivity index (χ4v) is 5.09. The summed E-state index contributed by atoms with van der Waals surface area (Å²) < 4.78 is 16.1. The molecule has 1 aliphatic heterocycles. The number of pyridine rings is 2. The van der Waals surface area contributed by atoms with Crippen molar-refractivity contribution in [2.45, 2.75) is 32.4 Å². The van der Waals surface area contributed by atoms with Gasteiger partial charge in [-0.25, -0.2) is 9.37 Å². The van der Waals surface area contributed by atoms with Crippen molar-refractivity contribution in [1.82, 2.24) is 35.0 Å². The molecule has 0 bridgehead atoms. The van der Waals surface area contributed by atoms with Gasteiger partial charge in [-0.3, -0.25) is 15.1 Å². The van der Waals surface area contributed by atoms with Crippen LogP contribution in [0.2, 0.25) is 0 Å². The molecule has 4 aromatic heterocycles. The van der Waals surface area contributed by atoms with Crippen molar-refractivity contribution in [2.75, 3.05) is 43.4 Å². The van der Waals surface area contributed by atoms with Gasteiger partial charge in [-0.05, 0) is 38.1 Å². The number of benzene rings is 1. The maximum absolute atomic E-state index is 16.1. The van der Waals surface area contributed by atoms with Gasteiger partial charge in [0, 0.05) is 37.9 Å². The molecule has 0 saturated carbocycles. The number of aliphatic hydroxyl groups is 1. The minimum atomic E-state index is -0.702. The van der Waals surface area contributed by atoms with E-state index in [4.69, 9.17) is 4.98 Å². The van der Waals surface area contributed by atoms with Gasteiger partial charge < -0.3 is 25.2 Å². The van der Waals surface area contributed by atoms with Crippen molar-refractivity contribution in [3.05, 3.63) is 48.7 Å². The van der Waals surface area contributed by atoms with Gasteiger partial charge in [0.05, 0.1) is 40.2 Å². The third kappa shape index (κ3) is 4.90. The van der Waals surface area contributed by atoms with Crippen molar-refractivity contribution in [1.29, 1.82) is 0 Å². The number of unbranched alkanes of at least 4 members (excludes halogenated alkanes) is 1. The summed E-state index contributed by atoms with van der Waals surface area (Å²) in [5.74, 6) is -0.0251. The Balaban J connectivity index is 1.36. The Morgan fingerprint density at radius 3 is 2.77 bits per heavy atom. The van der Waals surface area contributed by atoms with Gasteiger partial charge in [-0.2, -0.15) is 5.10 Å². The number of aliphatic hydroxyl groups excluding tert-OH is 1. The molecule has 1 unspecified atom stereocenters. The maximum atomic E-state index is 16.1. The van der Waals surface area contributed by atoms with E-state index in [1.807, 2.05) is 12.1 Å². The van der Waals surface area contributed by atoms with E-state index < -0.39 is 12.0 Å². The predicted molar refractivity (Wildman–Crippen MR) is 151 cm³/mol. The second-order valence-corrected chi connectivity index (χ2v) is 10.1. The lowest BCUT2D eigenvalue weighted by molar-refractivity contribution is 0.190. The summed E-state index contributed by atoms with van der Waals surface area (Å²) in [5, 5.41) is 20.9. The number of hydrogen-bond donors (Lipinski definition) is 4. The number of H-pyrrole nitrogens is 2. The van der Waals surface area contributed by atoms with Crippen molar-refractivity contribution in [3.63, 3.8) is 0 Å². The molecule has 4 N–H and O–H groups in total. The van der Waals surface area contributed by atoms with E-state index >= 15 is 4.39 Å². The summed E-state index contributed by atoms with van der Waals surface area (Å²) in [5.41, 5.74) is 4.88. The largest absolute Gasteiger partial charge is 0.374 e. The number of anilines is 2. The third-order valence-corrected chi connectivity index (χ3v) is 7.28. The predicted octanol–water partition coefficient (Wildman–Crippen LogP) is 4.37. The molecule has 10 nitrogen and oxygen atoms in total. The molecule has 5 aromatic rings. The number of para-hydroxylation sites is 1. The number of piperazine rings is 1. The smallest absolute Gasteiger partial charge is 0.161 e. The minimum Gasteiger partial charge on any atom is -0.374 e. The first-order chi connectivity index (χ1) is 19.0. The van der Waals surface area contributed by atoms with Crippen LogP contribution in [0.1, 0.15) is 26.2 Å². The zero-order chi connectivity index (χ0) is 26.9. The number of likely N-dealkylation sites (N-methyl/N-ethyl adjacent to an activating group) is 1. The molecule has 0 amide bonds. The van der Waals surface area contributed by atoms with Gasteiger partial charge >= 0.3 is 0 Å². The monoisotopic (exact) mass is 529 g/mol. The normalized spacial score (nSPS) is 15.3. The highest BCUT2D eigenvalue weighted by molar-refractivity contribution is 5.97. The molecule has 11 heteroatoms. The van der Waals surface area contributed by atoms with Crippen LogP contribution in [-0.2, 0) is 0 Å². The number of nitrogens with one attached hydrogen (secondary N) is 3. The number of aromatic amines is 2. The number of imidazole rings is 1. The molecule has 0 spiro atoms. The summed E-state index contributed by atoms with van der Waals surface area (Å²) in [4.78, 5) is 21.5. The number of aromatic nitrogens is 6. The number of fused-ring (bicyclic) bond motifs is 2. The van der Waals surface area contributed by atoms with Crippen LogP contribution in [0.4, 0.5) is 15.8 Å². The summed E-state index contributed by atoms with van der Waals surface area (Å²) in [6, 6.07) is 7.80. The van der Waals surface area contributed by atoms with Gasteiger partial charge in [-0.15, -0.1) is 0 Å². The summed E-state index contributed by atoms with van der Waals surface area (Å²) in [6.07, 6.45) is 6.53. The first kappa shape index (κ1) is 25.2. The van der Waals surface area contributed by atoms with Crippen molar-refractivity contribution < 1.29 is 9.50 Å². The summed E-state index contributed by atoms with van der Waals surface area (Å²) in [7, 11) is 2.13. The van der Waals surface area contributed by atoms with Crippen LogP contribution in [0.3, 0.4) is 0 Å². The first-order valence-electron chi connectivity index (χ1n) is 13.4. The fourth-order valence-electron chi connectivity index (χ4n) is 5.09. The van der Waals surface area contributed by atoms with E-state index in [0.717, 1.165) is 55.7 Å². The molecule has 1 aliphatic rings. The second-order valence-electron chi connectivity index (χ2n) is 10.1. The van der Waals surface area contributed by atoms with E-state index in [2.05, 4.69) is 60.3 Å². The molecular weight excluding hydrogens is 497 g/mol. The van der Waals surface area contributed by atoms with Gasteiger partial charge in [0.2, 0.25) is 0 Å². The Morgan fingerprint density at radius 2 is 1.95 bits per heavy atom. The van der Waals surface area contributed by atoms with E-state index in [1.165, 1.54) is 0 Å². The van der Waals surface area contributed by atoms with Crippen LogP contribution in [0, 0.1) is 5.82 Å². The molecule has 5 heterocycles. The molecule has 39 heavy (non-hydrogen) atoms. The number of rotatable bonds is 8. The molecule has 202 valence electrons.